The van der Waals surface area contributed by atoms with Gasteiger partial charge in [-0.2, -0.15) is 5.10 Å². The molecule has 0 aliphatic heterocycles. The van der Waals surface area contributed by atoms with Crippen molar-refractivity contribution in [1.82, 2.24) is 20.0 Å². The van der Waals surface area contributed by atoms with Crippen LogP contribution in [-0.2, 0) is 4.79 Å². The normalized spacial score (nSPS) is 24.0. The van der Waals surface area contributed by atoms with Crippen molar-refractivity contribution < 1.29 is 4.79 Å². The van der Waals surface area contributed by atoms with E-state index in [9.17, 15) is 4.79 Å². The van der Waals surface area contributed by atoms with E-state index in [2.05, 4.69) is 29.4 Å². The summed E-state index contributed by atoms with van der Waals surface area (Å²) in [5.74, 6) is 0.640. The average molecular weight is 292 g/mol. The maximum Gasteiger partial charge on any atom is 0.244 e. The number of carbonyl (C=O) groups is 1. The van der Waals surface area contributed by atoms with E-state index in [-0.39, 0.29) is 11.9 Å². The lowest BCUT2D eigenvalue weighted by Crippen LogP contribution is -2.47. The van der Waals surface area contributed by atoms with Gasteiger partial charge in [0.05, 0.1) is 0 Å². The van der Waals surface area contributed by atoms with Crippen LogP contribution in [0.4, 0.5) is 0 Å². The fourth-order valence-electron chi connectivity index (χ4n) is 3.29. The zero-order valence-corrected chi connectivity index (χ0v) is 13.7. The molecular formula is C16H28N4O. The molecule has 2 rings (SSSR count). The average Bonchev–Trinajstić information content (AvgIpc) is 2.85. The smallest absolute Gasteiger partial charge is 0.244 e. The molecule has 0 saturated heterocycles. The van der Waals surface area contributed by atoms with Crippen LogP contribution in [0.3, 0.4) is 0 Å². The van der Waals surface area contributed by atoms with Gasteiger partial charge in [-0.05, 0) is 52.8 Å². The maximum atomic E-state index is 12.5. The number of hydrogen-bond acceptors (Lipinski definition) is 3. The van der Waals surface area contributed by atoms with Crippen molar-refractivity contribution in [3.63, 3.8) is 0 Å². The molecule has 21 heavy (non-hydrogen) atoms. The third-order valence-corrected chi connectivity index (χ3v) is 4.45. The molecule has 5 nitrogen and oxygen atoms in total. The number of carbonyl (C=O) groups excluding carboxylic acids is 1. The zero-order chi connectivity index (χ0) is 15.4. The molecule has 3 atom stereocenters. The van der Waals surface area contributed by atoms with Crippen LogP contribution in [0.2, 0.25) is 0 Å². The molecule has 3 unspecified atom stereocenters. The summed E-state index contributed by atoms with van der Waals surface area (Å²) in [5, 5.41) is 7.51. The van der Waals surface area contributed by atoms with Crippen molar-refractivity contribution in [3.8, 4) is 0 Å². The lowest BCUT2D eigenvalue weighted by Gasteiger charge is -2.34. The molecule has 1 heterocycles. The van der Waals surface area contributed by atoms with E-state index >= 15 is 0 Å². The van der Waals surface area contributed by atoms with E-state index < -0.39 is 0 Å². The Morgan fingerprint density at radius 3 is 2.81 bits per heavy atom. The quantitative estimate of drug-likeness (QED) is 0.903. The minimum Gasteiger partial charge on any atom is -0.351 e. The van der Waals surface area contributed by atoms with Gasteiger partial charge in [0.15, 0.2) is 0 Å². The van der Waals surface area contributed by atoms with E-state index in [1.54, 1.807) is 10.9 Å². The summed E-state index contributed by atoms with van der Waals surface area (Å²) in [7, 11) is 4.20. The van der Waals surface area contributed by atoms with E-state index in [4.69, 9.17) is 0 Å². The third-order valence-electron chi connectivity index (χ3n) is 4.45. The number of aryl methyl sites for hydroxylation is 1. The highest BCUT2D eigenvalue weighted by molar-refractivity contribution is 5.80. The van der Waals surface area contributed by atoms with Crippen molar-refractivity contribution in [3.05, 3.63) is 18.0 Å². The zero-order valence-electron chi connectivity index (χ0n) is 13.7. The number of nitrogens with one attached hydrogen (secondary N) is 1. The molecule has 1 aliphatic rings. The predicted molar refractivity (Wildman–Crippen MR) is 84.1 cm³/mol. The van der Waals surface area contributed by atoms with E-state index in [1.807, 2.05) is 19.9 Å². The number of amides is 1. The van der Waals surface area contributed by atoms with Gasteiger partial charge < -0.3 is 10.2 Å². The van der Waals surface area contributed by atoms with Crippen molar-refractivity contribution in [1.29, 1.82) is 0 Å². The van der Waals surface area contributed by atoms with Crippen LogP contribution in [0, 0.1) is 12.8 Å². The summed E-state index contributed by atoms with van der Waals surface area (Å²) in [6.45, 7) is 4.94. The van der Waals surface area contributed by atoms with Crippen molar-refractivity contribution in [2.45, 2.75) is 51.6 Å². The van der Waals surface area contributed by atoms with Gasteiger partial charge in [-0.1, -0.05) is 12.8 Å². The Morgan fingerprint density at radius 2 is 2.19 bits per heavy atom. The molecule has 1 fully saturated rings. The highest BCUT2D eigenvalue weighted by Gasteiger charge is 2.28. The van der Waals surface area contributed by atoms with Crippen LogP contribution in [0.15, 0.2) is 12.3 Å². The highest BCUT2D eigenvalue weighted by Crippen LogP contribution is 2.25. The number of rotatable bonds is 5. The van der Waals surface area contributed by atoms with Gasteiger partial charge in [-0.15, -0.1) is 0 Å². The first-order valence-corrected chi connectivity index (χ1v) is 7.94. The molecule has 1 aromatic heterocycles. The summed E-state index contributed by atoms with van der Waals surface area (Å²) in [6.07, 6.45) is 6.53. The molecule has 1 N–H and O–H groups in total. The minimum absolute atomic E-state index is 0.0810. The lowest BCUT2D eigenvalue weighted by atomic mass is 9.84. The first-order chi connectivity index (χ1) is 9.99. The fourth-order valence-corrected chi connectivity index (χ4v) is 3.29. The Bertz CT molecular complexity index is 469. The van der Waals surface area contributed by atoms with Gasteiger partial charge in [0.2, 0.25) is 5.91 Å². The van der Waals surface area contributed by atoms with Gasteiger partial charge in [-0.25, -0.2) is 0 Å². The molecule has 0 aromatic carbocycles. The molecule has 0 bridgehead atoms. The molecule has 0 radical (unpaired) electrons. The van der Waals surface area contributed by atoms with Crippen LogP contribution in [0.1, 0.15) is 44.3 Å². The molecule has 1 saturated carbocycles. The Labute approximate surface area is 127 Å². The van der Waals surface area contributed by atoms with Crippen LogP contribution in [-0.4, -0.2) is 47.3 Å². The monoisotopic (exact) mass is 292 g/mol. The second-order valence-electron chi connectivity index (χ2n) is 6.51. The second kappa shape index (κ2) is 7.07. The maximum absolute atomic E-state index is 12.5. The first kappa shape index (κ1) is 16.0. The number of hydrogen-bond donors (Lipinski definition) is 1. The summed E-state index contributed by atoms with van der Waals surface area (Å²) >= 11 is 0. The molecule has 0 spiro atoms. The molecule has 1 amide bonds. The summed E-state index contributed by atoms with van der Waals surface area (Å²) in [4.78, 5) is 14.7. The van der Waals surface area contributed by atoms with Crippen LogP contribution in [0.5, 0.6) is 0 Å². The van der Waals surface area contributed by atoms with Gasteiger partial charge in [0.25, 0.3) is 0 Å². The van der Waals surface area contributed by atoms with Crippen molar-refractivity contribution >= 4 is 5.91 Å². The largest absolute Gasteiger partial charge is 0.351 e. The van der Waals surface area contributed by atoms with Crippen LogP contribution >= 0.6 is 0 Å². The number of aromatic nitrogens is 2. The topological polar surface area (TPSA) is 50.2 Å². The summed E-state index contributed by atoms with van der Waals surface area (Å²) in [5.41, 5.74) is 1.02. The highest BCUT2D eigenvalue weighted by atomic mass is 16.2. The van der Waals surface area contributed by atoms with Crippen LogP contribution < -0.4 is 5.32 Å². The Morgan fingerprint density at radius 1 is 1.48 bits per heavy atom. The first-order valence-electron chi connectivity index (χ1n) is 7.94. The Kier molecular flexibility index (Phi) is 5.39. The third kappa shape index (κ3) is 4.06. The van der Waals surface area contributed by atoms with Crippen molar-refractivity contribution in [2.75, 3.05) is 20.6 Å². The molecule has 5 heteroatoms. The van der Waals surface area contributed by atoms with Gasteiger partial charge in [-0.3, -0.25) is 9.48 Å². The lowest BCUT2D eigenvalue weighted by molar-refractivity contribution is -0.125. The van der Waals surface area contributed by atoms with Crippen LogP contribution in [0.25, 0.3) is 0 Å². The van der Waals surface area contributed by atoms with E-state index in [0.717, 1.165) is 18.7 Å². The van der Waals surface area contributed by atoms with E-state index in [1.165, 1.54) is 19.3 Å². The Hall–Kier alpha value is -1.36. The second-order valence-corrected chi connectivity index (χ2v) is 6.51. The van der Waals surface area contributed by atoms with Gasteiger partial charge in [0, 0.05) is 24.5 Å². The van der Waals surface area contributed by atoms with Gasteiger partial charge >= 0.3 is 0 Å². The molecule has 1 aliphatic carbocycles. The van der Waals surface area contributed by atoms with E-state index in [0.29, 0.717) is 12.0 Å². The molecule has 118 valence electrons. The standard InChI is InChI=1S/C16H28N4O/c1-12-9-10-17-20(12)13(2)16(21)18-15-8-6-5-7-14(15)11-19(3)4/h9-10,13-15H,5-8,11H2,1-4H3,(H,18,21). The van der Waals surface area contributed by atoms with Crippen molar-refractivity contribution in [2.24, 2.45) is 5.92 Å². The molecule has 1 aromatic rings. The summed E-state index contributed by atoms with van der Waals surface area (Å²) in [6, 6.07) is 1.98. The van der Waals surface area contributed by atoms with Gasteiger partial charge in [0.1, 0.15) is 6.04 Å². The fraction of sp³-hybridized carbons (Fsp3) is 0.750. The minimum atomic E-state index is -0.248. The number of nitrogens with zero attached hydrogens (tertiary/aromatic N) is 3. The predicted octanol–water partition coefficient (Wildman–Crippen LogP) is 1.99. The SMILES string of the molecule is Cc1ccnn1C(C)C(=O)NC1CCCCC1CN(C)C. The molecular weight excluding hydrogens is 264 g/mol. The Balaban J connectivity index is 1.98. The summed E-state index contributed by atoms with van der Waals surface area (Å²) < 4.78 is 1.79.